The van der Waals surface area contributed by atoms with E-state index in [0.717, 1.165) is 41.8 Å². The van der Waals surface area contributed by atoms with Crippen LogP contribution in [0.1, 0.15) is 50.2 Å². The average molecular weight is 325 g/mol. The highest BCUT2D eigenvalue weighted by molar-refractivity contribution is 6.03. The molecule has 0 unspecified atom stereocenters. The molecule has 1 aromatic carbocycles. The maximum absolute atomic E-state index is 12.6. The molecule has 1 aliphatic carbocycles. The summed E-state index contributed by atoms with van der Waals surface area (Å²) >= 11 is 0. The number of nitrogens with one attached hydrogen (secondary N) is 1. The second-order valence-corrected chi connectivity index (χ2v) is 6.35. The van der Waals surface area contributed by atoms with Gasteiger partial charge in [-0.3, -0.25) is 4.79 Å². The minimum atomic E-state index is -0.380. The van der Waals surface area contributed by atoms with E-state index in [1.165, 1.54) is 12.7 Å². The molecule has 0 saturated heterocycles. The third-order valence-corrected chi connectivity index (χ3v) is 4.90. The van der Waals surface area contributed by atoms with E-state index in [2.05, 4.69) is 24.4 Å². The lowest BCUT2D eigenvalue weighted by molar-refractivity contribution is -0.136. The monoisotopic (exact) mass is 325 g/mol. The molecular weight excluding hydrogens is 302 g/mol. The van der Waals surface area contributed by atoms with Crippen LogP contribution in [0, 0.1) is 0 Å². The molecule has 1 heterocycles. The van der Waals surface area contributed by atoms with Crippen LogP contribution in [0.15, 0.2) is 46.8 Å². The van der Waals surface area contributed by atoms with Gasteiger partial charge in [-0.2, -0.15) is 0 Å². The lowest BCUT2D eigenvalue weighted by Gasteiger charge is -2.34. The van der Waals surface area contributed by atoms with Crippen molar-refractivity contribution in [3.8, 4) is 0 Å². The van der Waals surface area contributed by atoms with E-state index in [0.29, 0.717) is 12.0 Å². The summed E-state index contributed by atoms with van der Waals surface area (Å²) in [4.78, 5) is 25.0. The van der Waals surface area contributed by atoms with Crippen LogP contribution in [0.4, 0.5) is 0 Å². The van der Waals surface area contributed by atoms with Crippen LogP contribution in [-0.4, -0.2) is 18.9 Å². The van der Waals surface area contributed by atoms with Gasteiger partial charge in [0.05, 0.1) is 12.7 Å². The van der Waals surface area contributed by atoms with Crippen LogP contribution in [-0.2, 0) is 20.7 Å². The van der Waals surface area contributed by atoms with Crippen molar-refractivity contribution in [3.05, 3.63) is 57.9 Å². The number of rotatable bonds is 3. The van der Waals surface area contributed by atoms with Gasteiger partial charge in [0, 0.05) is 29.3 Å². The molecule has 0 fully saturated rings. The van der Waals surface area contributed by atoms with Gasteiger partial charge in [-0.25, -0.2) is 4.79 Å². The smallest absolute Gasteiger partial charge is 0.336 e. The Balaban J connectivity index is 2.15. The quantitative estimate of drug-likeness (QED) is 0.866. The number of dihydropyridines is 1. The summed E-state index contributed by atoms with van der Waals surface area (Å²) < 4.78 is 5.00. The molecule has 1 atom stereocenters. The number of hydrogen-bond acceptors (Lipinski definition) is 4. The van der Waals surface area contributed by atoms with E-state index in [9.17, 15) is 9.59 Å². The lowest BCUT2D eigenvalue weighted by Crippen LogP contribution is -2.34. The number of hydrogen-bond donors (Lipinski definition) is 1. The molecule has 0 aromatic heterocycles. The number of ketones is 1. The Morgan fingerprint density at radius 3 is 2.58 bits per heavy atom. The Morgan fingerprint density at radius 2 is 1.96 bits per heavy atom. The molecule has 1 N–H and O–H groups in total. The van der Waals surface area contributed by atoms with Crippen molar-refractivity contribution in [2.75, 3.05) is 7.11 Å². The van der Waals surface area contributed by atoms with Crippen LogP contribution >= 0.6 is 0 Å². The zero-order valence-electron chi connectivity index (χ0n) is 14.4. The number of ether oxygens (including phenoxy) is 1. The minimum Gasteiger partial charge on any atom is -0.466 e. The fourth-order valence-corrected chi connectivity index (χ4v) is 3.64. The van der Waals surface area contributed by atoms with Crippen molar-refractivity contribution in [1.29, 1.82) is 0 Å². The first-order valence-corrected chi connectivity index (χ1v) is 8.48. The van der Waals surface area contributed by atoms with Gasteiger partial charge in [0.15, 0.2) is 5.78 Å². The number of Topliss-reactive ketones (excluding diaryl/α,β-unsaturated/α-hetero) is 1. The summed E-state index contributed by atoms with van der Waals surface area (Å²) in [6.45, 7) is 3.98. The maximum Gasteiger partial charge on any atom is 0.336 e. The van der Waals surface area contributed by atoms with E-state index >= 15 is 0 Å². The molecule has 4 nitrogen and oxygen atoms in total. The van der Waals surface area contributed by atoms with Crippen LogP contribution in [0.5, 0.6) is 0 Å². The highest BCUT2D eigenvalue weighted by Crippen LogP contribution is 2.42. The first kappa shape index (κ1) is 16.5. The van der Waals surface area contributed by atoms with E-state index in [4.69, 9.17) is 4.74 Å². The number of esters is 1. The Labute approximate surface area is 142 Å². The van der Waals surface area contributed by atoms with Gasteiger partial charge in [-0.15, -0.1) is 0 Å². The number of carbonyl (C=O) groups is 2. The third-order valence-electron chi connectivity index (χ3n) is 4.90. The highest BCUT2D eigenvalue weighted by Gasteiger charge is 2.38. The number of aryl methyl sites for hydroxylation is 1. The predicted molar refractivity (Wildman–Crippen MR) is 92.3 cm³/mol. The van der Waals surface area contributed by atoms with Gasteiger partial charge >= 0.3 is 5.97 Å². The number of benzene rings is 1. The Bertz CT molecular complexity index is 741. The molecule has 0 amide bonds. The van der Waals surface area contributed by atoms with Crippen LogP contribution in [0.25, 0.3) is 0 Å². The molecule has 4 heteroatoms. The van der Waals surface area contributed by atoms with Gasteiger partial charge in [0.1, 0.15) is 0 Å². The van der Waals surface area contributed by atoms with Crippen LogP contribution in [0.2, 0.25) is 0 Å². The molecule has 0 bridgehead atoms. The topological polar surface area (TPSA) is 55.4 Å². The van der Waals surface area contributed by atoms with E-state index in [1.54, 1.807) is 0 Å². The van der Waals surface area contributed by atoms with Crippen molar-refractivity contribution in [2.24, 2.45) is 0 Å². The molecule has 2 aliphatic rings. The van der Waals surface area contributed by atoms with Gasteiger partial charge in [0.2, 0.25) is 0 Å². The number of carbonyl (C=O) groups excluding carboxylic acids is 2. The molecule has 0 radical (unpaired) electrons. The van der Waals surface area contributed by atoms with Gasteiger partial charge in [-0.05, 0) is 37.3 Å². The minimum absolute atomic E-state index is 0.127. The average Bonchev–Trinajstić information content (AvgIpc) is 2.60. The summed E-state index contributed by atoms with van der Waals surface area (Å²) in [6, 6.07) is 8.18. The van der Waals surface area contributed by atoms with Crippen molar-refractivity contribution in [3.63, 3.8) is 0 Å². The van der Waals surface area contributed by atoms with Crippen LogP contribution in [0.3, 0.4) is 0 Å². The molecule has 1 aromatic rings. The fourth-order valence-electron chi connectivity index (χ4n) is 3.64. The summed E-state index contributed by atoms with van der Waals surface area (Å²) in [6.07, 6.45) is 3.19. The van der Waals surface area contributed by atoms with Crippen molar-refractivity contribution >= 4 is 11.8 Å². The Morgan fingerprint density at radius 1 is 1.25 bits per heavy atom. The first-order chi connectivity index (χ1) is 11.6. The predicted octanol–water partition coefficient (Wildman–Crippen LogP) is 3.39. The summed E-state index contributed by atoms with van der Waals surface area (Å²) in [5, 5.41) is 3.27. The number of methoxy groups -OCH3 is 1. The Hall–Kier alpha value is -2.36. The SMILES string of the molecule is CCc1ccc([C@@H]2C(C(=O)OC)=C(C)NC3=C2C(=O)CCC3)cc1. The third kappa shape index (κ3) is 2.77. The largest absolute Gasteiger partial charge is 0.466 e. The van der Waals surface area contributed by atoms with Crippen molar-refractivity contribution < 1.29 is 14.3 Å². The van der Waals surface area contributed by atoms with Gasteiger partial charge in [-0.1, -0.05) is 31.2 Å². The second kappa shape index (κ2) is 6.63. The zero-order valence-corrected chi connectivity index (χ0v) is 14.4. The molecule has 0 saturated carbocycles. The summed E-state index contributed by atoms with van der Waals surface area (Å²) in [7, 11) is 1.38. The van der Waals surface area contributed by atoms with E-state index in [1.807, 2.05) is 19.1 Å². The second-order valence-electron chi connectivity index (χ2n) is 6.35. The van der Waals surface area contributed by atoms with E-state index < -0.39 is 0 Å². The Kier molecular flexibility index (Phi) is 4.56. The molecule has 126 valence electrons. The number of allylic oxidation sites excluding steroid dienone is 3. The molecule has 3 rings (SSSR count). The first-order valence-electron chi connectivity index (χ1n) is 8.48. The fraction of sp³-hybridized carbons (Fsp3) is 0.400. The summed E-state index contributed by atoms with van der Waals surface area (Å²) in [5.41, 5.74) is 5.21. The maximum atomic E-state index is 12.6. The zero-order chi connectivity index (χ0) is 17.3. The van der Waals surface area contributed by atoms with Gasteiger partial charge < -0.3 is 10.1 Å². The molecular formula is C20H23NO3. The van der Waals surface area contributed by atoms with Crippen molar-refractivity contribution in [1.82, 2.24) is 5.32 Å². The van der Waals surface area contributed by atoms with Gasteiger partial charge in [0.25, 0.3) is 0 Å². The molecule has 1 aliphatic heterocycles. The van der Waals surface area contributed by atoms with Crippen molar-refractivity contribution in [2.45, 2.75) is 45.4 Å². The summed E-state index contributed by atoms with van der Waals surface area (Å²) in [5.74, 6) is -0.593. The van der Waals surface area contributed by atoms with Crippen LogP contribution < -0.4 is 5.32 Å². The lowest BCUT2D eigenvalue weighted by atomic mass is 9.75. The highest BCUT2D eigenvalue weighted by atomic mass is 16.5. The standard InChI is InChI=1S/C20H23NO3/c1-4-13-8-10-14(11-9-13)18-17(20(23)24-3)12(2)21-15-6-5-7-16(22)19(15)18/h8-11,18,21H,4-7H2,1-3H3/t18-/m1/s1. The molecule has 24 heavy (non-hydrogen) atoms. The normalized spacial score (nSPS) is 20.6. The van der Waals surface area contributed by atoms with E-state index in [-0.39, 0.29) is 17.7 Å². The molecule has 0 spiro atoms.